The van der Waals surface area contributed by atoms with Gasteiger partial charge in [-0.2, -0.15) is 11.8 Å². The lowest BCUT2D eigenvalue weighted by atomic mass is 10.0. The molecule has 0 saturated carbocycles. The van der Waals surface area contributed by atoms with Crippen LogP contribution in [-0.2, 0) is 39.9 Å². The Morgan fingerprint density at radius 1 is 0.807 bits per heavy atom. The van der Waals surface area contributed by atoms with Crippen LogP contribution < -0.4 is 31.3 Å². The van der Waals surface area contributed by atoms with Gasteiger partial charge in [0.05, 0.1) is 20.3 Å². The van der Waals surface area contributed by atoms with E-state index in [1.807, 2.05) is 50.4 Å². The Balaban J connectivity index is 0. The topological polar surface area (TPSA) is 222 Å². The minimum absolute atomic E-state index is 0. The third-order valence-corrected chi connectivity index (χ3v) is 8.92. The van der Waals surface area contributed by atoms with Crippen molar-refractivity contribution in [3.05, 3.63) is 59.2 Å². The number of amides is 4. The van der Waals surface area contributed by atoms with Crippen LogP contribution in [0.25, 0.3) is 0 Å². The van der Waals surface area contributed by atoms with E-state index in [0.29, 0.717) is 60.5 Å². The normalized spacial score (nSPS) is 11.8. The molecule has 0 aliphatic carbocycles. The molecule has 18 heteroatoms. The van der Waals surface area contributed by atoms with Crippen molar-refractivity contribution in [2.24, 2.45) is 5.92 Å². The monoisotopic (exact) mass is 861 g/mol. The summed E-state index contributed by atoms with van der Waals surface area (Å²) in [6.45, 7) is 9.21. The number of halogens is 2. The molecule has 1 unspecified atom stereocenters. The molecule has 322 valence electrons. The van der Waals surface area contributed by atoms with Gasteiger partial charge >= 0.3 is 12.1 Å². The van der Waals surface area contributed by atoms with Crippen LogP contribution >= 0.6 is 36.6 Å². The van der Waals surface area contributed by atoms with Crippen molar-refractivity contribution in [1.82, 2.24) is 21.3 Å². The van der Waals surface area contributed by atoms with E-state index in [2.05, 4.69) is 31.3 Å². The molecule has 15 nitrogen and oxygen atoms in total. The maximum Gasteiger partial charge on any atom is 0.513 e. The molecule has 3 atom stereocenters. The maximum atomic E-state index is 13.3. The average molecular weight is 863 g/mol. The number of carbonyl (C=O) groups excluding carboxylic acids is 6. The molecule has 0 aliphatic rings. The van der Waals surface area contributed by atoms with Crippen molar-refractivity contribution in [2.75, 3.05) is 44.1 Å². The molecule has 0 fully saturated rings. The van der Waals surface area contributed by atoms with Gasteiger partial charge in [0.1, 0.15) is 23.9 Å². The van der Waals surface area contributed by atoms with Crippen LogP contribution in [0.1, 0.15) is 69.6 Å². The summed E-state index contributed by atoms with van der Waals surface area (Å²) in [5.74, 6) is -1.17. The number of unbranched alkanes of at least 4 members (excludes halogenated alkanes) is 2. The summed E-state index contributed by atoms with van der Waals surface area (Å²) in [6, 6.07) is 10.2. The number of esters is 1. The molecule has 4 amide bonds. The highest BCUT2D eigenvalue weighted by Gasteiger charge is 2.26. The van der Waals surface area contributed by atoms with Gasteiger partial charge in [-0.15, -0.1) is 24.8 Å². The van der Waals surface area contributed by atoms with Gasteiger partial charge in [-0.1, -0.05) is 56.7 Å². The van der Waals surface area contributed by atoms with Crippen LogP contribution in [0.5, 0.6) is 5.75 Å². The Morgan fingerprint density at radius 2 is 1.47 bits per heavy atom. The van der Waals surface area contributed by atoms with Crippen LogP contribution in [0.2, 0.25) is 0 Å². The van der Waals surface area contributed by atoms with Crippen molar-refractivity contribution in [1.29, 1.82) is 0 Å². The molecular formula is C39H61Cl2N5O10S. The molecule has 57 heavy (non-hydrogen) atoms. The number of benzene rings is 2. The molecule has 2 aromatic rings. The fourth-order valence-electron chi connectivity index (χ4n) is 5.19. The average Bonchev–Trinajstić information content (AvgIpc) is 3.15. The van der Waals surface area contributed by atoms with Crippen molar-refractivity contribution in [3.8, 4) is 5.75 Å². The van der Waals surface area contributed by atoms with Gasteiger partial charge in [0, 0.05) is 30.6 Å². The van der Waals surface area contributed by atoms with Crippen molar-refractivity contribution < 1.29 is 48.5 Å². The van der Waals surface area contributed by atoms with Gasteiger partial charge in [-0.3, -0.25) is 24.0 Å². The van der Waals surface area contributed by atoms with Crippen molar-refractivity contribution >= 4 is 78.0 Å². The molecule has 0 aliphatic heterocycles. The first-order valence-corrected chi connectivity index (χ1v) is 19.6. The first kappa shape index (κ1) is 54.8. The molecule has 2 rings (SSSR count). The minimum Gasteiger partial charge on any atom is -0.469 e. The van der Waals surface area contributed by atoms with Crippen molar-refractivity contribution in [2.45, 2.75) is 91.3 Å². The molecule has 0 heterocycles. The molecule has 2 aromatic carbocycles. The predicted octanol–water partition coefficient (Wildman–Crippen LogP) is 4.23. The zero-order valence-corrected chi connectivity index (χ0v) is 36.3. The number of nitrogens with one attached hydrogen (secondary N) is 5. The number of rotatable bonds is 23. The van der Waals surface area contributed by atoms with Crippen LogP contribution in [0.3, 0.4) is 0 Å². The third-order valence-electron chi connectivity index (χ3n) is 8.27. The van der Waals surface area contributed by atoms with E-state index in [1.54, 1.807) is 32.9 Å². The zero-order valence-electron chi connectivity index (χ0n) is 33.8. The second kappa shape index (κ2) is 29.9. The predicted molar refractivity (Wildman–Crippen MR) is 227 cm³/mol. The Bertz CT molecular complexity index is 1550. The fraction of sp³-hybridized carbons (Fsp3) is 0.538. The zero-order chi connectivity index (χ0) is 40.0. The van der Waals surface area contributed by atoms with Gasteiger partial charge in [0.25, 0.3) is 0 Å². The Morgan fingerprint density at radius 3 is 2.11 bits per heavy atom. The van der Waals surface area contributed by atoms with Crippen molar-refractivity contribution in [3.63, 3.8) is 0 Å². The second-order valence-corrected chi connectivity index (χ2v) is 14.3. The molecule has 7 N–H and O–H groups in total. The van der Waals surface area contributed by atoms with Crippen LogP contribution in [-0.4, -0.2) is 98.2 Å². The first-order chi connectivity index (χ1) is 25.7. The van der Waals surface area contributed by atoms with Gasteiger partial charge in [-0.25, -0.2) is 4.79 Å². The van der Waals surface area contributed by atoms with E-state index in [1.165, 1.54) is 18.9 Å². The minimum atomic E-state index is -0.932. The number of anilines is 1. The van der Waals surface area contributed by atoms with Gasteiger partial charge in [0.2, 0.25) is 23.6 Å². The summed E-state index contributed by atoms with van der Waals surface area (Å²) in [7, 11) is 1.34. The highest BCUT2D eigenvalue weighted by molar-refractivity contribution is 7.98. The van der Waals surface area contributed by atoms with Gasteiger partial charge in [0.15, 0.2) is 0 Å². The summed E-state index contributed by atoms with van der Waals surface area (Å²) >= 11 is 1.51. The van der Waals surface area contributed by atoms with E-state index < -0.39 is 48.5 Å². The smallest absolute Gasteiger partial charge is 0.469 e. The second-order valence-electron chi connectivity index (χ2n) is 13.4. The highest BCUT2D eigenvalue weighted by Crippen LogP contribution is 2.30. The summed E-state index contributed by atoms with van der Waals surface area (Å²) in [5.41, 5.74) is 2.72. The lowest BCUT2D eigenvalue weighted by Crippen LogP contribution is -2.54. The Kier molecular flexibility index (Phi) is 28.8. The summed E-state index contributed by atoms with van der Waals surface area (Å²) in [5, 5.41) is 14.1. The highest BCUT2D eigenvalue weighted by atomic mass is 35.5. The lowest BCUT2D eigenvalue weighted by Gasteiger charge is -2.23. The van der Waals surface area contributed by atoms with Gasteiger partial charge < -0.3 is 46.3 Å². The quantitative estimate of drug-likeness (QED) is 0.0605. The number of aryl methyl sites for hydroxylation is 1. The van der Waals surface area contributed by atoms with Gasteiger partial charge in [-0.05, 0) is 75.2 Å². The molecule has 0 bridgehead atoms. The number of ether oxygens (including phenoxy) is 3. The summed E-state index contributed by atoms with van der Waals surface area (Å²) < 4.78 is 15.3. The molecule has 0 radical (unpaired) electrons. The van der Waals surface area contributed by atoms with Crippen LogP contribution in [0.15, 0.2) is 42.5 Å². The fourth-order valence-corrected chi connectivity index (χ4v) is 5.66. The number of methoxy groups -OCH3 is 1. The largest absolute Gasteiger partial charge is 0.513 e. The molecular weight excluding hydrogens is 801 g/mol. The third kappa shape index (κ3) is 21.2. The van der Waals surface area contributed by atoms with E-state index in [4.69, 9.17) is 9.47 Å². The summed E-state index contributed by atoms with van der Waals surface area (Å²) in [4.78, 5) is 76.4. The molecule has 0 saturated heterocycles. The number of thioether (sulfide) groups is 1. The maximum absolute atomic E-state index is 13.3. The number of hydrogen-bond acceptors (Lipinski definition) is 11. The number of hydrogen-bond donors (Lipinski definition) is 5. The standard InChI is InChI=1S/C39H57N5O9S.2ClH.H2O/c1-25(2)24-52-39(50)53-35-26(3)17-18-30(27(35)4)42-28(5)36(47)44-31(19-21-54-7)37(48)41-23-33(45)43-32(22-29-14-10-8-11-15-29)38(49)40-20-13-9-12-16-34(46)51-6;;;/h8,10-11,14-15,17-18,25,28,31-32,42H,9,12-13,16,19-24H2,1-7H3,(H,40,49)(H,41,48)(H,43,45)(H,44,47);2*1H;1H2/t28?,31-,32+;;;/m1.../s1. The lowest BCUT2D eigenvalue weighted by molar-refractivity contribution is -0.140. The molecule has 0 spiro atoms. The number of carbonyl (C=O) groups is 6. The Labute approximate surface area is 352 Å². The van der Waals surface area contributed by atoms with Crippen LogP contribution in [0, 0.1) is 19.8 Å². The first-order valence-electron chi connectivity index (χ1n) is 18.2. The Hall–Kier alpha value is -4.25. The van der Waals surface area contributed by atoms with E-state index >= 15 is 0 Å². The van der Waals surface area contributed by atoms with Crippen LogP contribution in [0.4, 0.5) is 10.5 Å². The molecule has 0 aromatic heterocycles. The van der Waals surface area contributed by atoms with E-state index in [0.717, 1.165) is 12.0 Å². The van der Waals surface area contributed by atoms with E-state index in [-0.39, 0.29) is 61.1 Å². The SMILES string of the molecule is COC(=O)CCCCCNC(=O)[C@H](Cc1ccccc1)NC(=O)CNC(=O)[C@@H](CCSC)NC(=O)C(C)Nc1ccc(C)c(OC(=O)OCC(C)C)c1C.Cl.Cl.O. The summed E-state index contributed by atoms with van der Waals surface area (Å²) in [6.07, 6.45) is 3.94. The van der Waals surface area contributed by atoms with E-state index in [9.17, 15) is 28.8 Å².